The van der Waals surface area contributed by atoms with E-state index in [-0.39, 0.29) is 0 Å². The minimum absolute atomic E-state index is 0.977. The lowest BCUT2D eigenvalue weighted by molar-refractivity contribution is 0.522. The summed E-state index contributed by atoms with van der Waals surface area (Å²) < 4.78 is 0. The Bertz CT molecular complexity index is 577. The van der Waals surface area contributed by atoms with Crippen LogP contribution in [0.4, 0.5) is 5.69 Å². The van der Waals surface area contributed by atoms with Gasteiger partial charge >= 0.3 is 0 Å². The second-order valence-electron chi connectivity index (χ2n) is 4.65. The molecule has 104 valence electrons. The Labute approximate surface area is 123 Å². The molecule has 0 saturated carbocycles. The van der Waals surface area contributed by atoms with Crippen molar-refractivity contribution in [1.82, 2.24) is 10.3 Å². The van der Waals surface area contributed by atoms with Crippen molar-refractivity contribution >= 4 is 23.8 Å². The van der Waals surface area contributed by atoms with Crippen molar-refractivity contribution in [2.24, 2.45) is 4.99 Å². The number of hydrazine groups is 1. The van der Waals surface area contributed by atoms with E-state index in [1.807, 2.05) is 24.5 Å². The van der Waals surface area contributed by atoms with Crippen LogP contribution in [0.2, 0.25) is 0 Å². The van der Waals surface area contributed by atoms with Crippen LogP contribution in [-0.2, 0) is 0 Å². The summed E-state index contributed by atoms with van der Waals surface area (Å²) in [6.07, 6.45) is 7.22. The summed E-state index contributed by atoms with van der Waals surface area (Å²) in [4.78, 5) is 6.73. The van der Waals surface area contributed by atoms with Gasteiger partial charge in [-0.05, 0) is 24.8 Å². The maximum absolute atomic E-state index is 4.53. The summed E-state index contributed by atoms with van der Waals surface area (Å²) in [5.41, 5.74) is 6.85. The Balaban J connectivity index is 1.95. The van der Waals surface area contributed by atoms with E-state index in [1.54, 1.807) is 11.8 Å². The molecule has 0 aromatic heterocycles. The van der Waals surface area contributed by atoms with E-state index in [9.17, 15) is 0 Å². The predicted molar refractivity (Wildman–Crippen MR) is 86.2 cm³/mol. The number of aliphatic imine (C=N–C) groups is 1. The van der Waals surface area contributed by atoms with Gasteiger partial charge in [0.2, 0.25) is 0 Å². The van der Waals surface area contributed by atoms with Gasteiger partial charge in [-0.25, -0.2) is 4.99 Å². The van der Waals surface area contributed by atoms with Gasteiger partial charge in [0.15, 0.2) is 0 Å². The Morgan fingerprint density at radius 2 is 2.05 bits per heavy atom. The Morgan fingerprint density at radius 1 is 1.25 bits per heavy atom. The van der Waals surface area contributed by atoms with Crippen molar-refractivity contribution in [1.29, 1.82) is 0 Å². The summed E-state index contributed by atoms with van der Waals surface area (Å²) in [5, 5.41) is 3.08. The largest absolute Gasteiger partial charge is 0.329 e. The number of para-hydroxylation sites is 1. The molecule has 0 fully saturated rings. The predicted octanol–water partition coefficient (Wildman–Crippen LogP) is 3.14. The zero-order valence-electron chi connectivity index (χ0n) is 11.7. The van der Waals surface area contributed by atoms with Gasteiger partial charge in [-0.1, -0.05) is 25.1 Å². The summed E-state index contributed by atoms with van der Waals surface area (Å²) in [7, 11) is 0. The molecule has 0 radical (unpaired) electrons. The number of fused-ring (bicyclic) bond motifs is 1. The third-order valence-corrected chi connectivity index (χ3v) is 3.97. The van der Waals surface area contributed by atoms with Gasteiger partial charge in [0.1, 0.15) is 10.7 Å². The SMILES string of the molecule is CCCN1C=NC(SC)=C2NN(c3ccccc3)C=C21. The van der Waals surface area contributed by atoms with Crippen molar-refractivity contribution in [3.8, 4) is 0 Å². The Morgan fingerprint density at radius 3 is 2.75 bits per heavy atom. The fourth-order valence-corrected chi connectivity index (χ4v) is 2.83. The quantitative estimate of drug-likeness (QED) is 0.921. The number of thioether (sulfide) groups is 1. The molecule has 2 heterocycles. The standard InChI is InChI=1S/C15H18N4S/c1-3-9-18-11-16-15(20-2)14-13(18)10-19(17-14)12-7-5-4-6-8-12/h4-8,10-11,17H,3,9H2,1-2H3. The van der Waals surface area contributed by atoms with E-state index >= 15 is 0 Å². The van der Waals surface area contributed by atoms with Gasteiger partial charge in [0.25, 0.3) is 0 Å². The van der Waals surface area contributed by atoms with Crippen LogP contribution in [0.25, 0.3) is 0 Å². The molecule has 0 saturated heterocycles. The van der Waals surface area contributed by atoms with Crippen LogP contribution >= 0.6 is 11.8 Å². The maximum atomic E-state index is 4.53. The van der Waals surface area contributed by atoms with E-state index in [1.165, 1.54) is 5.70 Å². The molecule has 1 aromatic carbocycles. The molecule has 4 nitrogen and oxygen atoms in total. The molecule has 20 heavy (non-hydrogen) atoms. The van der Waals surface area contributed by atoms with Crippen LogP contribution in [0.3, 0.4) is 0 Å². The lowest BCUT2D eigenvalue weighted by atomic mass is 10.3. The van der Waals surface area contributed by atoms with Crippen LogP contribution in [0.5, 0.6) is 0 Å². The third kappa shape index (κ3) is 2.29. The normalized spacial score (nSPS) is 17.2. The van der Waals surface area contributed by atoms with E-state index in [0.29, 0.717) is 0 Å². The van der Waals surface area contributed by atoms with Crippen molar-refractivity contribution < 1.29 is 0 Å². The van der Waals surface area contributed by atoms with E-state index in [0.717, 1.165) is 29.4 Å². The molecule has 3 rings (SSSR count). The molecule has 0 atom stereocenters. The lowest BCUT2D eigenvalue weighted by Gasteiger charge is -2.25. The average molecular weight is 286 g/mol. The lowest BCUT2D eigenvalue weighted by Crippen LogP contribution is -2.31. The van der Waals surface area contributed by atoms with Crippen LogP contribution in [-0.4, -0.2) is 24.0 Å². The fraction of sp³-hybridized carbons (Fsp3) is 0.267. The van der Waals surface area contributed by atoms with Crippen molar-refractivity contribution in [2.45, 2.75) is 13.3 Å². The first-order chi connectivity index (χ1) is 9.83. The molecule has 5 heteroatoms. The summed E-state index contributed by atoms with van der Waals surface area (Å²) in [6, 6.07) is 10.3. The smallest absolute Gasteiger partial charge is 0.125 e. The second kappa shape index (κ2) is 5.63. The Hall–Kier alpha value is -1.88. The topological polar surface area (TPSA) is 30.9 Å². The molecular formula is C15H18N4S. The highest BCUT2D eigenvalue weighted by Gasteiger charge is 2.28. The van der Waals surface area contributed by atoms with Gasteiger partial charge in [-0.15, -0.1) is 11.8 Å². The zero-order valence-corrected chi connectivity index (χ0v) is 12.5. The number of hydrogen-bond donors (Lipinski definition) is 1. The number of benzene rings is 1. The molecule has 1 aromatic rings. The first kappa shape index (κ1) is 13.1. The van der Waals surface area contributed by atoms with Gasteiger partial charge in [0, 0.05) is 6.54 Å². The van der Waals surface area contributed by atoms with Crippen LogP contribution < -0.4 is 10.4 Å². The Kier molecular flexibility index (Phi) is 3.69. The summed E-state index contributed by atoms with van der Waals surface area (Å²) >= 11 is 1.66. The maximum Gasteiger partial charge on any atom is 0.125 e. The minimum Gasteiger partial charge on any atom is -0.329 e. The molecule has 0 unspecified atom stereocenters. The van der Waals surface area contributed by atoms with Crippen LogP contribution in [0.1, 0.15) is 13.3 Å². The number of rotatable bonds is 4. The second-order valence-corrected chi connectivity index (χ2v) is 5.45. The monoisotopic (exact) mass is 286 g/mol. The van der Waals surface area contributed by atoms with Gasteiger partial charge in [-0.3, -0.25) is 10.4 Å². The molecule has 1 N–H and O–H groups in total. The molecule has 2 aliphatic rings. The zero-order chi connectivity index (χ0) is 13.9. The highest BCUT2D eigenvalue weighted by molar-refractivity contribution is 8.02. The third-order valence-electron chi connectivity index (χ3n) is 3.27. The molecule has 0 spiro atoms. The van der Waals surface area contributed by atoms with Gasteiger partial charge < -0.3 is 4.90 Å². The average Bonchev–Trinajstić information content (AvgIpc) is 2.94. The highest BCUT2D eigenvalue weighted by atomic mass is 32.2. The first-order valence-electron chi connectivity index (χ1n) is 6.75. The van der Waals surface area contributed by atoms with Gasteiger partial charge in [-0.2, -0.15) is 0 Å². The van der Waals surface area contributed by atoms with E-state index in [2.05, 4.69) is 51.8 Å². The number of hydrogen-bond acceptors (Lipinski definition) is 5. The molecule has 0 aliphatic carbocycles. The van der Waals surface area contributed by atoms with Crippen molar-refractivity contribution in [2.75, 3.05) is 17.8 Å². The fourth-order valence-electron chi connectivity index (χ4n) is 2.32. The number of nitrogens with zero attached hydrogens (tertiary/aromatic N) is 3. The first-order valence-corrected chi connectivity index (χ1v) is 7.98. The molecule has 0 amide bonds. The highest BCUT2D eigenvalue weighted by Crippen LogP contribution is 2.32. The molecular weight excluding hydrogens is 268 g/mol. The summed E-state index contributed by atoms with van der Waals surface area (Å²) in [6.45, 7) is 3.16. The minimum atomic E-state index is 0.977. The van der Waals surface area contributed by atoms with E-state index in [4.69, 9.17) is 0 Å². The van der Waals surface area contributed by atoms with Crippen molar-refractivity contribution in [3.05, 3.63) is 53.0 Å². The number of nitrogens with one attached hydrogen (secondary N) is 1. The number of anilines is 1. The summed E-state index contributed by atoms with van der Waals surface area (Å²) in [5.74, 6) is 0. The molecule has 2 aliphatic heterocycles. The van der Waals surface area contributed by atoms with Crippen LogP contribution in [0, 0.1) is 0 Å². The van der Waals surface area contributed by atoms with Gasteiger partial charge in [0.05, 0.1) is 23.9 Å². The van der Waals surface area contributed by atoms with Crippen LogP contribution in [0.15, 0.2) is 57.9 Å². The molecule has 0 bridgehead atoms. The van der Waals surface area contributed by atoms with E-state index < -0.39 is 0 Å². The van der Waals surface area contributed by atoms with Crippen molar-refractivity contribution in [3.63, 3.8) is 0 Å².